The fraction of sp³-hybridized carbons (Fsp3) is 0.381. The van der Waals surface area contributed by atoms with E-state index in [1.165, 1.54) is 5.56 Å². The van der Waals surface area contributed by atoms with E-state index in [-0.39, 0.29) is 5.75 Å². The highest BCUT2D eigenvalue weighted by Gasteiger charge is 2.03. The first-order valence-electron chi connectivity index (χ1n) is 9.20. The first-order valence-corrected chi connectivity index (χ1v) is 9.20. The Kier molecular flexibility index (Phi) is 8.29. The summed E-state index contributed by atoms with van der Waals surface area (Å²) in [5, 5.41) is 16.5. The third-order valence-electron chi connectivity index (χ3n) is 3.97. The second kappa shape index (κ2) is 11.0. The Morgan fingerprint density at radius 1 is 1.07 bits per heavy atom. The number of phenolic OH excluding ortho intramolecular Hbond substituents is 1. The lowest BCUT2D eigenvalue weighted by Crippen LogP contribution is -2.39. The molecule has 0 saturated carbocycles. The SMILES string of the molecule is CCNC(=NCCc1ccc(OC)cc1O)NCCOc1ccc(C)cc1. The number of aromatic hydroxyl groups is 1. The molecule has 0 aromatic heterocycles. The van der Waals surface area contributed by atoms with Crippen LogP contribution in [0.15, 0.2) is 47.5 Å². The van der Waals surface area contributed by atoms with Crippen LogP contribution in [0.1, 0.15) is 18.1 Å². The van der Waals surface area contributed by atoms with Gasteiger partial charge in [0, 0.05) is 19.2 Å². The van der Waals surface area contributed by atoms with Gasteiger partial charge in [-0.1, -0.05) is 23.8 Å². The van der Waals surface area contributed by atoms with Gasteiger partial charge in [0.15, 0.2) is 5.96 Å². The molecule has 0 atom stereocenters. The first-order chi connectivity index (χ1) is 13.1. The normalized spacial score (nSPS) is 11.1. The van der Waals surface area contributed by atoms with Crippen LogP contribution in [-0.2, 0) is 6.42 Å². The zero-order valence-electron chi connectivity index (χ0n) is 16.3. The number of phenols is 1. The van der Waals surface area contributed by atoms with E-state index in [1.807, 2.05) is 43.3 Å². The number of benzene rings is 2. The molecule has 0 bridgehead atoms. The summed E-state index contributed by atoms with van der Waals surface area (Å²) in [6.07, 6.45) is 0.645. The van der Waals surface area contributed by atoms with Crippen molar-refractivity contribution in [3.63, 3.8) is 0 Å². The summed E-state index contributed by atoms with van der Waals surface area (Å²) in [6, 6.07) is 13.3. The molecular weight excluding hydrogens is 342 g/mol. The number of rotatable bonds is 9. The fourth-order valence-corrected chi connectivity index (χ4v) is 2.48. The Hall–Kier alpha value is -2.89. The third-order valence-corrected chi connectivity index (χ3v) is 3.97. The molecule has 27 heavy (non-hydrogen) atoms. The molecule has 0 aliphatic heterocycles. The maximum Gasteiger partial charge on any atom is 0.191 e. The summed E-state index contributed by atoms with van der Waals surface area (Å²) in [7, 11) is 1.58. The largest absolute Gasteiger partial charge is 0.508 e. The Bertz CT molecular complexity index is 730. The first kappa shape index (κ1) is 20.4. The highest BCUT2D eigenvalue weighted by Crippen LogP contribution is 2.23. The number of nitrogens with one attached hydrogen (secondary N) is 2. The number of aliphatic imine (C=N–C) groups is 1. The number of hydrogen-bond donors (Lipinski definition) is 3. The van der Waals surface area contributed by atoms with Gasteiger partial charge in [-0.05, 0) is 44.0 Å². The second-order valence-electron chi connectivity index (χ2n) is 6.09. The van der Waals surface area contributed by atoms with Gasteiger partial charge in [0.2, 0.25) is 0 Å². The molecule has 0 amide bonds. The summed E-state index contributed by atoms with van der Waals surface area (Å²) in [5.74, 6) is 2.47. The van der Waals surface area contributed by atoms with Gasteiger partial charge in [-0.25, -0.2) is 0 Å². The van der Waals surface area contributed by atoms with Crippen molar-refractivity contribution in [1.29, 1.82) is 0 Å². The summed E-state index contributed by atoms with van der Waals surface area (Å²) >= 11 is 0. The molecule has 6 heteroatoms. The molecule has 0 fully saturated rings. The topological polar surface area (TPSA) is 75.1 Å². The molecule has 0 unspecified atom stereocenters. The molecule has 0 aliphatic carbocycles. The van der Waals surface area contributed by atoms with Crippen LogP contribution in [0.4, 0.5) is 0 Å². The number of ether oxygens (including phenoxy) is 2. The minimum Gasteiger partial charge on any atom is -0.508 e. The summed E-state index contributed by atoms with van der Waals surface area (Å²) in [6.45, 7) is 6.61. The molecular formula is C21H29N3O3. The van der Waals surface area contributed by atoms with Crippen molar-refractivity contribution in [2.45, 2.75) is 20.3 Å². The molecule has 0 heterocycles. The molecule has 0 spiro atoms. The van der Waals surface area contributed by atoms with Crippen LogP contribution in [-0.4, -0.2) is 44.4 Å². The van der Waals surface area contributed by atoms with Crippen molar-refractivity contribution in [2.24, 2.45) is 4.99 Å². The highest BCUT2D eigenvalue weighted by molar-refractivity contribution is 5.79. The number of aryl methyl sites for hydroxylation is 1. The van der Waals surface area contributed by atoms with E-state index >= 15 is 0 Å². The van der Waals surface area contributed by atoms with Gasteiger partial charge in [-0.15, -0.1) is 0 Å². The maximum atomic E-state index is 10.0. The minimum atomic E-state index is 0.231. The van der Waals surface area contributed by atoms with E-state index in [0.717, 1.165) is 23.8 Å². The molecule has 3 N–H and O–H groups in total. The molecule has 0 radical (unpaired) electrons. The Labute approximate surface area is 161 Å². The van der Waals surface area contributed by atoms with Crippen LogP contribution >= 0.6 is 0 Å². The van der Waals surface area contributed by atoms with Gasteiger partial charge >= 0.3 is 0 Å². The van der Waals surface area contributed by atoms with Gasteiger partial charge in [-0.2, -0.15) is 0 Å². The zero-order valence-corrected chi connectivity index (χ0v) is 16.3. The van der Waals surface area contributed by atoms with Crippen molar-refractivity contribution in [3.8, 4) is 17.2 Å². The van der Waals surface area contributed by atoms with Gasteiger partial charge in [0.05, 0.1) is 13.7 Å². The van der Waals surface area contributed by atoms with E-state index in [0.29, 0.717) is 31.9 Å². The maximum absolute atomic E-state index is 10.0. The van der Waals surface area contributed by atoms with E-state index in [9.17, 15) is 5.11 Å². The molecule has 0 aliphatic rings. The summed E-state index contributed by atoms with van der Waals surface area (Å²) in [4.78, 5) is 4.55. The average Bonchev–Trinajstić information content (AvgIpc) is 2.67. The highest BCUT2D eigenvalue weighted by atomic mass is 16.5. The predicted molar refractivity (Wildman–Crippen MR) is 109 cm³/mol. The Morgan fingerprint density at radius 3 is 2.48 bits per heavy atom. The standard InChI is InChI=1S/C21H29N3O3/c1-4-22-21(24-13-14-27-18-8-5-16(2)6-9-18)23-12-11-17-7-10-19(26-3)15-20(17)25/h5-10,15,25H,4,11-14H2,1-3H3,(H2,22,23,24). The molecule has 0 saturated heterocycles. The number of hydrogen-bond acceptors (Lipinski definition) is 4. The van der Waals surface area contributed by atoms with Gasteiger partial charge < -0.3 is 25.2 Å². The zero-order chi connectivity index (χ0) is 19.5. The van der Waals surface area contributed by atoms with Crippen molar-refractivity contribution in [3.05, 3.63) is 53.6 Å². The Morgan fingerprint density at radius 2 is 1.81 bits per heavy atom. The summed E-state index contributed by atoms with van der Waals surface area (Å²) in [5.41, 5.74) is 2.06. The van der Waals surface area contributed by atoms with Crippen molar-refractivity contribution in [1.82, 2.24) is 10.6 Å². The van der Waals surface area contributed by atoms with E-state index in [1.54, 1.807) is 13.2 Å². The monoisotopic (exact) mass is 371 g/mol. The van der Waals surface area contributed by atoms with Crippen LogP contribution in [0.25, 0.3) is 0 Å². The average molecular weight is 371 g/mol. The molecule has 2 aromatic carbocycles. The fourth-order valence-electron chi connectivity index (χ4n) is 2.48. The van der Waals surface area contributed by atoms with Crippen molar-refractivity contribution in [2.75, 3.05) is 33.4 Å². The van der Waals surface area contributed by atoms with Gasteiger partial charge in [0.1, 0.15) is 23.9 Å². The quantitative estimate of drug-likeness (QED) is 0.359. The lowest BCUT2D eigenvalue weighted by Gasteiger charge is -2.12. The summed E-state index contributed by atoms with van der Waals surface area (Å²) < 4.78 is 10.8. The molecule has 146 valence electrons. The van der Waals surface area contributed by atoms with Crippen LogP contribution in [0.3, 0.4) is 0 Å². The van der Waals surface area contributed by atoms with Gasteiger partial charge in [-0.3, -0.25) is 4.99 Å². The van der Waals surface area contributed by atoms with Crippen LogP contribution in [0.5, 0.6) is 17.2 Å². The van der Waals surface area contributed by atoms with E-state index in [2.05, 4.69) is 22.5 Å². The van der Waals surface area contributed by atoms with Crippen LogP contribution < -0.4 is 20.1 Å². The number of guanidine groups is 1. The van der Waals surface area contributed by atoms with Crippen molar-refractivity contribution < 1.29 is 14.6 Å². The van der Waals surface area contributed by atoms with Crippen molar-refractivity contribution >= 4 is 5.96 Å². The molecule has 2 rings (SSSR count). The number of methoxy groups -OCH3 is 1. The molecule has 2 aromatic rings. The molecule has 6 nitrogen and oxygen atoms in total. The van der Waals surface area contributed by atoms with E-state index < -0.39 is 0 Å². The van der Waals surface area contributed by atoms with Crippen LogP contribution in [0, 0.1) is 6.92 Å². The smallest absolute Gasteiger partial charge is 0.191 e. The Balaban J connectivity index is 1.78. The van der Waals surface area contributed by atoms with Gasteiger partial charge in [0.25, 0.3) is 0 Å². The predicted octanol–water partition coefficient (Wildman–Crippen LogP) is 2.89. The minimum absolute atomic E-state index is 0.231. The lowest BCUT2D eigenvalue weighted by atomic mass is 10.1. The van der Waals surface area contributed by atoms with Crippen LogP contribution in [0.2, 0.25) is 0 Å². The lowest BCUT2D eigenvalue weighted by molar-refractivity contribution is 0.322. The second-order valence-corrected chi connectivity index (χ2v) is 6.09. The third kappa shape index (κ3) is 7.09. The van der Waals surface area contributed by atoms with E-state index in [4.69, 9.17) is 9.47 Å². The number of nitrogens with zero attached hydrogens (tertiary/aromatic N) is 1.